The van der Waals surface area contributed by atoms with Crippen LogP contribution >= 0.6 is 0 Å². The molecule has 0 saturated heterocycles. The van der Waals surface area contributed by atoms with E-state index in [1.165, 1.54) is 148 Å². The first kappa shape index (κ1) is 66.6. The molecule has 0 heterocycles. The monoisotopic (exact) mass is 975 g/mol. The molecular weight excluding hydrogens is 865 g/mol. The topological polar surface area (TPSA) is 78.9 Å². The van der Waals surface area contributed by atoms with E-state index < -0.39 is 12.1 Å². The molecular formula is C64H110O6. The van der Waals surface area contributed by atoms with Crippen LogP contribution in [0.5, 0.6) is 0 Å². The Bertz CT molecular complexity index is 1350. The number of hydrogen-bond donors (Lipinski definition) is 0. The molecule has 0 aliphatic rings. The molecule has 0 bridgehead atoms. The lowest BCUT2D eigenvalue weighted by Gasteiger charge is -2.18. The van der Waals surface area contributed by atoms with E-state index in [1.54, 1.807) is 6.08 Å². The van der Waals surface area contributed by atoms with E-state index in [0.29, 0.717) is 12.8 Å². The van der Waals surface area contributed by atoms with E-state index in [4.69, 9.17) is 14.2 Å². The van der Waals surface area contributed by atoms with Crippen LogP contribution in [-0.4, -0.2) is 37.2 Å². The summed E-state index contributed by atoms with van der Waals surface area (Å²) in [6.07, 6.45) is 76.1. The fourth-order valence-electron chi connectivity index (χ4n) is 8.25. The molecule has 0 rings (SSSR count). The molecule has 0 N–H and O–H groups in total. The molecule has 0 aliphatic carbocycles. The van der Waals surface area contributed by atoms with Gasteiger partial charge in [-0.05, 0) is 77.0 Å². The Kier molecular flexibility index (Phi) is 55.3. The minimum absolute atomic E-state index is 0.110. The number of ether oxygens (including phenoxy) is 3. The average Bonchev–Trinajstić information content (AvgIpc) is 3.36. The van der Waals surface area contributed by atoms with Crippen LogP contribution in [0.1, 0.15) is 284 Å². The summed E-state index contributed by atoms with van der Waals surface area (Å²) in [6.45, 7) is 6.43. The molecule has 1 atom stereocenters. The maximum atomic E-state index is 12.8. The summed E-state index contributed by atoms with van der Waals surface area (Å²) < 4.78 is 16.8. The number of rotatable bonds is 53. The van der Waals surface area contributed by atoms with Gasteiger partial charge in [0.15, 0.2) is 6.10 Å². The molecule has 0 fully saturated rings. The molecule has 1 unspecified atom stereocenters. The molecule has 0 radical (unpaired) electrons. The highest BCUT2D eigenvalue weighted by molar-refractivity contribution is 5.72. The van der Waals surface area contributed by atoms with Crippen molar-refractivity contribution >= 4 is 17.9 Å². The van der Waals surface area contributed by atoms with Crippen LogP contribution in [0.4, 0.5) is 0 Å². The maximum absolute atomic E-state index is 12.8. The second-order valence-electron chi connectivity index (χ2n) is 19.5. The zero-order chi connectivity index (χ0) is 50.7. The zero-order valence-corrected chi connectivity index (χ0v) is 46.0. The molecule has 0 aromatic heterocycles. The van der Waals surface area contributed by atoms with Crippen molar-refractivity contribution in [3.05, 3.63) is 85.1 Å². The number of carbonyl (C=O) groups is 3. The summed E-state index contributed by atoms with van der Waals surface area (Å²) in [5.74, 6) is -1.05. The lowest BCUT2D eigenvalue weighted by molar-refractivity contribution is -0.166. The van der Waals surface area contributed by atoms with Crippen molar-refractivity contribution in [1.29, 1.82) is 0 Å². The lowest BCUT2D eigenvalue weighted by Crippen LogP contribution is -2.30. The molecule has 0 saturated carbocycles. The predicted octanol–water partition coefficient (Wildman–Crippen LogP) is 19.9. The molecule has 70 heavy (non-hydrogen) atoms. The van der Waals surface area contributed by atoms with Gasteiger partial charge in [0.2, 0.25) is 0 Å². The van der Waals surface area contributed by atoms with Gasteiger partial charge in [0.05, 0.1) is 6.42 Å². The van der Waals surface area contributed by atoms with Gasteiger partial charge in [-0.3, -0.25) is 14.4 Å². The summed E-state index contributed by atoms with van der Waals surface area (Å²) in [5, 5.41) is 0. The second-order valence-corrected chi connectivity index (χ2v) is 19.5. The lowest BCUT2D eigenvalue weighted by atomic mass is 10.0. The average molecular weight is 976 g/mol. The largest absolute Gasteiger partial charge is 0.462 e. The van der Waals surface area contributed by atoms with Gasteiger partial charge < -0.3 is 14.2 Å². The van der Waals surface area contributed by atoms with Crippen LogP contribution in [0.3, 0.4) is 0 Å². The first-order valence-electron chi connectivity index (χ1n) is 29.6. The Hall–Kier alpha value is -3.41. The summed E-state index contributed by atoms with van der Waals surface area (Å²) in [5.41, 5.74) is 0. The van der Waals surface area contributed by atoms with Crippen LogP contribution in [0.15, 0.2) is 85.1 Å². The number of carbonyl (C=O) groups excluding carboxylic acids is 3. The van der Waals surface area contributed by atoms with E-state index in [2.05, 4.69) is 93.7 Å². The number of unbranched alkanes of at least 4 members (excludes halogenated alkanes) is 29. The van der Waals surface area contributed by atoms with E-state index in [-0.39, 0.29) is 31.6 Å². The first-order chi connectivity index (χ1) is 34.5. The third-order valence-electron chi connectivity index (χ3n) is 12.7. The Labute approximate surface area is 433 Å². The standard InChI is InChI=1S/C64H110O6/c1-4-7-10-13-16-19-22-25-28-30-31-32-33-34-37-39-42-45-48-51-54-57-63(66)69-60-61(59-68-62(65)56-53-50-47-44-41-38-35-27-24-21-18-15-12-9-6-3)70-64(67)58-55-52-49-46-43-40-36-29-26-23-20-17-14-11-8-5-2/h9,12,18,20-21,23,27,29,35-36,41,44,50,53,61H,4-8,10-11,13-17,19,22,24-26,28,30-34,37-40,42-43,45-49,51-52,54-60H2,1-3H3/b12-9-,21-18-,23-20-,35-27-,36-29-,44-41-,53-50-. The number of hydrogen-bond acceptors (Lipinski definition) is 6. The highest BCUT2D eigenvalue weighted by Gasteiger charge is 2.19. The van der Waals surface area contributed by atoms with Crippen molar-refractivity contribution in [2.45, 2.75) is 290 Å². The minimum Gasteiger partial charge on any atom is -0.462 e. The van der Waals surface area contributed by atoms with Crippen molar-refractivity contribution < 1.29 is 28.6 Å². The summed E-state index contributed by atoms with van der Waals surface area (Å²) in [4.78, 5) is 38.1. The van der Waals surface area contributed by atoms with Gasteiger partial charge in [-0.25, -0.2) is 0 Å². The molecule has 0 aromatic rings. The molecule has 0 aromatic carbocycles. The quantitative estimate of drug-likeness (QED) is 0.0261. The molecule has 0 spiro atoms. The van der Waals surface area contributed by atoms with E-state index >= 15 is 0 Å². The van der Waals surface area contributed by atoms with Crippen molar-refractivity contribution in [2.24, 2.45) is 0 Å². The van der Waals surface area contributed by atoms with Crippen LogP contribution in [0.25, 0.3) is 0 Å². The smallest absolute Gasteiger partial charge is 0.309 e. The van der Waals surface area contributed by atoms with Gasteiger partial charge in [-0.1, -0.05) is 273 Å². The van der Waals surface area contributed by atoms with Gasteiger partial charge in [0.1, 0.15) is 13.2 Å². The summed E-state index contributed by atoms with van der Waals surface area (Å²) in [6, 6.07) is 0. The predicted molar refractivity (Wildman–Crippen MR) is 302 cm³/mol. The summed E-state index contributed by atoms with van der Waals surface area (Å²) >= 11 is 0. The third kappa shape index (κ3) is 55.5. The summed E-state index contributed by atoms with van der Waals surface area (Å²) in [7, 11) is 0. The van der Waals surface area contributed by atoms with Crippen LogP contribution in [0, 0.1) is 0 Å². The van der Waals surface area contributed by atoms with Crippen molar-refractivity contribution in [2.75, 3.05) is 13.2 Å². The van der Waals surface area contributed by atoms with Gasteiger partial charge in [-0.2, -0.15) is 0 Å². The molecule has 402 valence electrons. The van der Waals surface area contributed by atoms with Crippen molar-refractivity contribution in [1.82, 2.24) is 0 Å². The van der Waals surface area contributed by atoms with E-state index in [9.17, 15) is 14.4 Å². The Morgan fingerprint density at radius 3 is 1.01 bits per heavy atom. The van der Waals surface area contributed by atoms with Crippen molar-refractivity contribution in [3.63, 3.8) is 0 Å². The van der Waals surface area contributed by atoms with Gasteiger partial charge in [-0.15, -0.1) is 0 Å². The SMILES string of the molecule is CC/C=C\C/C=C\C/C=C\C/C=C\C/C=C\CC(=O)OCC(COC(=O)CCCCCCCCCCCCCCCCCCCCCCC)OC(=O)CCCCCCC/C=C\C/C=C\CCCCCC. The Balaban J connectivity index is 4.43. The molecule has 6 nitrogen and oxygen atoms in total. The van der Waals surface area contributed by atoms with Crippen LogP contribution in [0.2, 0.25) is 0 Å². The van der Waals surface area contributed by atoms with E-state index in [0.717, 1.165) is 96.3 Å². The highest BCUT2D eigenvalue weighted by Crippen LogP contribution is 2.16. The first-order valence-corrected chi connectivity index (χ1v) is 29.6. The molecule has 0 aliphatic heterocycles. The van der Waals surface area contributed by atoms with Crippen LogP contribution in [-0.2, 0) is 28.6 Å². The normalized spacial score (nSPS) is 12.7. The maximum Gasteiger partial charge on any atom is 0.309 e. The number of esters is 3. The Morgan fingerprint density at radius 1 is 0.314 bits per heavy atom. The zero-order valence-electron chi connectivity index (χ0n) is 46.0. The fourth-order valence-corrected chi connectivity index (χ4v) is 8.25. The van der Waals surface area contributed by atoms with E-state index in [1.807, 2.05) is 6.08 Å². The Morgan fingerprint density at radius 2 is 0.614 bits per heavy atom. The highest BCUT2D eigenvalue weighted by atomic mass is 16.6. The third-order valence-corrected chi connectivity index (χ3v) is 12.7. The second kappa shape index (κ2) is 58.2. The van der Waals surface area contributed by atoms with Crippen LogP contribution < -0.4 is 0 Å². The number of allylic oxidation sites excluding steroid dienone is 13. The van der Waals surface area contributed by atoms with Gasteiger partial charge in [0, 0.05) is 12.8 Å². The molecule has 0 amide bonds. The molecule has 6 heteroatoms. The van der Waals surface area contributed by atoms with Crippen molar-refractivity contribution in [3.8, 4) is 0 Å². The van der Waals surface area contributed by atoms with Gasteiger partial charge >= 0.3 is 17.9 Å². The van der Waals surface area contributed by atoms with Gasteiger partial charge in [0.25, 0.3) is 0 Å². The fraction of sp³-hybridized carbons (Fsp3) is 0.734. The minimum atomic E-state index is -0.823.